The third-order valence-corrected chi connectivity index (χ3v) is 4.58. The Hall–Kier alpha value is -3.60. The van der Waals surface area contributed by atoms with Crippen LogP contribution < -0.4 is 5.32 Å². The number of hydrogen-bond acceptors (Lipinski definition) is 3. The molecule has 0 spiro atoms. The molecule has 0 aliphatic carbocycles. The van der Waals surface area contributed by atoms with Crippen LogP contribution in [0.5, 0.6) is 5.75 Å². The van der Waals surface area contributed by atoms with Crippen molar-refractivity contribution >= 4 is 22.4 Å². The zero-order chi connectivity index (χ0) is 19.0. The molecule has 3 aromatic carbocycles. The molecule has 4 rings (SSSR count). The molecule has 134 valence electrons. The first-order chi connectivity index (χ1) is 13.0. The maximum Gasteiger partial charge on any atom is 0.273 e. The number of carbonyl (C=O) groups excluding carboxylic acids is 1. The van der Waals surface area contributed by atoms with Gasteiger partial charge in [0.1, 0.15) is 11.4 Å². The number of phenolic OH excluding ortho intramolecular Hbond substituents is 1. The molecule has 0 saturated carbocycles. The molecule has 3 N–H and O–H groups in total. The SMILES string of the molecule is Cc1cc(C)c(O)c(-c2cc(C(=O)Nc3cccc4ccccc34)[nH]n2)c1. The van der Waals surface area contributed by atoms with Gasteiger partial charge < -0.3 is 10.4 Å². The van der Waals surface area contributed by atoms with Crippen LogP contribution >= 0.6 is 0 Å². The normalized spacial score (nSPS) is 10.9. The molecule has 0 unspecified atom stereocenters. The van der Waals surface area contributed by atoms with E-state index < -0.39 is 0 Å². The fourth-order valence-electron chi connectivity index (χ4n) is 3.26. The highest BCUT2D eigenvalue weighted by molar-refractivity contribution is 6.08. The highest BCUT2D eigenvalue weighted by Gasteiger charge is 2.15. The van der Waals surface area contributed by atoms with Crippen LogP contribution in [0.25, 0.3) is 22.0 Å². The molecule has 5 nitrogen and oxygen atoms in total. The zero-order valence-electron chi connectivity index (χ0n) is 15.1. The summed E-state index contributed by atoms with van der Waals surface area (Å²) in [6, 6.07) is 19.1. The molecule has 27 heavy (non-hydrogen) atoms. The Morgan fingerprint density at radius 3 is 2.67 bits per heavy atom. The summed E-state index contributed by atoms with van der Waals surface area (Å²) in [6.45, 7) is 3.79. The van der Waals surface area contributed by atoms with Crippen molar-refractivity contribution < 1.29 is 9.90 Å². The number of anilines is 1. The number of aromatic amines is 1. The fourth-order valence-corrected chi connectivity index (χ4v) is 3.26. The maximum absolute atomic E-state index is 12.7. The van der Waals surface area contributed by atoms with E-state index in [1.54, 1.807) is 6.07 Å². The number of aromatic nitrogens is 2. The molecule has 0 fully saturated rings. The average molecular weight is 357 g/mol. The Kier molecular flexibility index (Phi) is 4.12. The van der Waals surface area contributed by atoms with Crippen LogP contribution in [-0.4, -0.2) is 21.2 Å². The molecule has 1 aromatic heterocycles. The Balaban J connectivity index is 1.65. The molecular weight excluding hydrogens is 338 g/mol. The number of hydrogen-bond donors (Lipinski definition) is 3. The van der Waals surface area contributed by atoms with Gasteiger partial charge >= 0.3 is 0 Å². The van der Waals surface area contributed by atoms with Gasteiger partial charge in [0, 0.05) is 16.6 Å². The predicted molar refractivity (Wildman–Crippen MR) is 107 cm³/mol. The van der Waals surface area contributed by atoms with Gasteiger partial charge in [-0.2, -0.15) is 5.10 Å². The van der Waals surface area contributed by atoms with Gasteiger partial charge in [0.25, 0.3) is 5.91 Å². The van der Waals surface area contributed by atoms with Crippen LogP contribution in [-0.2, 0) is 0 Å². The monoisotopic (exact) mass is 357 g/mol. The Morgan fingerprint density at radius 2 is 1.81 bits per heavy atom. The van der Waals surface area contributed by atoms with Gasteiger partial charge in [0.05, 0.1) is 5.69 Å². The number of carbonyl (C=O) groups is 1. The number of phenols is 1. The summed E-state index contributed by atoms with van der Waals surface area (Å²) >= 11 is 0. The van der Waals surface area contributed by atoms with E-state index in [1.807, 2.05) is 68.4 Å². The van der Waals surface area contributed by atoms with Crippen molar-refractivity contribution in [1.29, 1.82) is 0 Å². The molecule has 5 heteroatoms. The van der Waals surface area contributed by atoms with Crippen molar-refractivity contribution in [1.82, 2.24) is 10.2 Å². The average Bonchev–Trinajstić information content (AvgIpc) is 3.15. The Morgan fingerprint density at radius 1 is 1.04 bits per heavy atom. The first-order valence-corrected chi connectivity index (χ1v) is 8.68. The molecule has 1 amide bonds. The molecule has 0 saturated heterocycles. The van der Waals surface area contributed by atoms with Crippen LogP contribution in [0.2, 0.25) is 0 Å². The Labute approximate surface area is 156 Å². The van der Waals surface area contributed by atoms with Crippen LogP contribution in [0.3, 0.4) is 0 Å². The number of rotatable bonds is 3. The molecular formula is C22H19N3O2. The summed E-state index contributed by atoms with van der Waals surface area (Å²) in [4.78, 5) is 12.7. The van der Waals surface area contributed by atoms with E-state index in [4.69, 9.17) is 0 Å². The second-order valence-corrected chi connectivity index (χ2v) is 6.63. The molecule has 0 aliphatic heterocycles. The van der Waals surface area contributed by atoms with Gasteiger partial charge in [-0.05, 0) is 48.6 Å². The highest BCUT2D eigenvalue weighted by Crippen LogP contribution is 2.32. The molecule has 1 heterocycles. The number of benzene rings is 3. The van der Waals surface area contributed by atoms with Gasteiger partial charge in [-0.1, -0.05) is 42.5 Å². The summed E-state index contributed by atoms with van der Waals surface area (Å²) in [7, 11) is 0. The number of aryl methyl sites for hydroxylation is 2. The van der Waals surface area contributed by atoms with Gasteiger partial charge in [-0.25, -0.2) is 0 Å². The topological polar surface area (TPSA) is 78.0 Å². The zero-order valence-corrected chi connectivity index (χ0v) is 15.1. The number of nitrogens with one attached hydrogen (secondary N) is 2. The van der Waals surface area contributed by atoms with E-state index in [2.05, 4.69) is 15.5 Å². The predicted octanol–water partition coefficient (Wildman–Crippen LogP) is 4.80. The lowest BCUT2D eigenvalue weighted by Crippen LogP contribution is -2.12. The van der Waals surface area contributed by atoms with E-state index >= 15 is 0 Å². The number of amides is 1. The minimum absolute atomic E-state index is 0.174. The summed E-state index contributed by atoms with van der Waals surface area (Å²) in [5.74, 6) is -0.109. The highest BCUT2D eigenvalue weighted by atomic mass is 16.3. The van der Waals surface area contributed by atoms with E-state index in [9.17, 15) is 9.90 Å². The summed E-state index contributed by atoms with van der Waals surface area (Å²) in [5.41, 5.74) is 4.00. The van der Waals surface area contributed by atoms with Crippen LogP contribution in [0.15, 0.2) is 60.7 Å². The molecule has 0 radical (unpaired) electrons. The largest absolute Gasteiger partial charge is 0.507 e. The number of aromatic hydroxyl groups is 1. The van der Waals surface area contributed by atoms with Crippen LogP contribution in [0.4, 0.5) is 5.69 Å². The van der Waals surface area contributed by atoms with Gasteiger partial charge in [-0.3, -0.25) is 9.89 Å². The lowest BCUT2D eigenvalue weighted by Gasteiger charge is -2.07. The standard InChI is InChI=1S/C22H19N3O2/c1-13-10-14(2)21(26)17(11-13)19-12-20(25-24-19)22(27)23-18-9-5-7-15-6-3-4-8-16(15)18/h3-12,26H,1-2H3,(H,23,27)(H,24,25). The first-order valence-electron chi connectivity index (χ1n) is 8.68. The van der Waals surface area contributed by atoms with Crippen molar-refractivity contribution in [3.8, 4) is 17.0 Å². The van der Waals surface area contributed by atoms with Crippen LogP contribution in [0.1, 0.15) is 21.6 Å². The van der Waals surface area contributed by atoms with Crippen molar-refractivity contribution in [2.45, 2.75) is 13.8 Å². The summed E-state index contributed by atoms with van der Waals surface area (Å²) in [5, 5.41) is 22.3. The second-order valence-electron chi connectivity index (χ2n) is 6.63. The van der Waals surface area contributed by atoms with Gasteiger partial charge in [-0.15, -0.1) is 0 Å². The molecule has 0 atom stereocenters. The smallest absolute Gasteiger partial charge is 0.273 e. The van der Waals surface area contributed by atoms with Crippen molar-refractivity contribution in [3.05, 3.63) is 77.5 Å². The maximum atomic E-state index is 12.7. The van der Waals surface area contributed by atoms with E-state index in [-0.39, 0.29) is 11.7 Å². The minimum atomic E-state index is -0.283. The number of nitrogens with zero attached hydrogens (tertiary/aromatic N) is 1. The summed E-state index contributed by atoms with van der Waals surface area (Å²) < 4.78 is 0. The Bertz CT molecular complexity index is 1160. The minimum Gasteiger partial charge on any atom is -0.507 e. The van der Waals surface area contributed by atoms with Gasteiger partial charge in [0.15, 0.2) is 0 Å². The van der Waals surface area contributed by atoms with Crippen LogP contribution in [0, 0.1) is 13.8 Å². The molecule has 0 aliphatic rings. The third-order valence-electron chi connectivity index (χ3n) is 4.58. The third kappa shape index (κ3) is 3.15. The molecule has 0 bridgehead atoms. The van der Waals surface area contributed by atoms with E-state index in [1.165, 1.54) is 0 Å². The van der Waals surface area contributed by atoms with Gasteiger partial charge in [0.2, 0.25) is 0 Å². The van der Waals surface area contributed by atoms with E-state index in [0.717, 1.165) is 27.6 Å². The van der Waals surface area contributed by atoms with Crippen molar-refractivity contribution in [3.63, 3.8) is 0 Å². The number of fused-ring (bicyclic) bond motifs is 1. The summed E-state index contributed by atoms with van der Waals surface area (Å²) in [6.07, 6.45) is 0. The van der Waals surface area contributed by atoms with Crippen molar-refractivity contribution in [2.75, 3.05) is 5.32 Å². The second kappa shape index (κ2) is 6.61. The number of H-pyrrole nitrogens is 1. The van der Waals surface area contributed by atoms with Crippen molar-refractivity contribution in [2.24, 2.45) is 0 Å². The molecule has 4 aromatic rings. The quantitative estimate of drug-likeness (QED) is 0.493. The first kappa shape index (κ1) is 16.8. The lowest BCUT2D eigenvalue weighted by molar-refractivity contribution is 0.102. The van der Waals surface area contributed by atoms with E-state index in [0.29, 0.717) is 17.0 Å². The lowest BCUT2D eigenvalue weighted by atomic mass is 10.0. The fraction of sp³-hybridized carbons (Fsp3) is 0.0909.